The monoisotopic (exact) mass is 308 g/mol. The van der Waals surface area contributed by atoms with Gasteiger partial charge in [-0.3, -0.25) is 0 Å². The minimum Gasteiger partial charge on any atom is -0.383 e. The van der Waals surface area contributed by atoms with Crippen molar-refractivity contribution < 1.29 is 8.42 Å². The van der Waals surface area contributed by atoms with Crippen LogP contribution in [0, 0.1) is 6.92 Å². The van der Waals surface area contributed by atoms with Gasteiger partial charge in [0.15, 0.2) is 0 Å². The molecule has 0 amide bonds. The molecule has 0 fully saturated rings. The lowest BCUT2D eigenvalue weighted by Gasteiger charge is -2.03. The molecule has 4 nitrogen and oxygen atoms in total. The van der Waals surface area contributed by atoms with E-state index in [-0.39, 0.29) is 10.7 Å². The Kier molecular flexibility index (Phi) is 4.11. The summed E-state index contributed by atoms with van der Waals surface area (Å²) in [6.45, 7) is 1.87. The molecule has 104 valence electrons. The Morgan fingerprint density at radius 1 is 1.15 bits per heavy atom. The van der Waals surface area contributed by atoms with E-state index in [4.69, 9.17) is 17.3 Å². The van der Waals surface area contributed by atoms with Gasteiger partial charge in [-0.05, 0) is 31.2 Å². The summed E-state index contributed by atoms with van der Waals surface area (Å²) in [5.41, 5.74) is 7.16. The summed E-state index contributed by atoms with van der Waals surface area (Å²) in [6.07, 6.45) is 0. The molecule has 0 heterocycles. The van der Waals surface area contributed by atoms with Crippen LogP contribution in [-0.4, -0.2) is 14.3 Å². The highest BCUT2D eigenvalue weighted by Crippen LogP contribution is 2.15. The van der Waals surface area contributed by atoms with Gasteiger partial charge in [-0.2, -0.15) is 8.42 Å². The van der Waals surface area contributed by atoms with Crippen LogP contribution in [-0.2, 0) is 10.0 Å². The molecule has 0 aliphatic heterocycles. The molecule has 2 N–H and O–H groups in total. The highest BCUT2D eigenvalue weighted by atomic mass is 35.5. The van der Waals surface area contributed by atoms with Crippen molar-refractivity contribution in [2.24, 2.45) is 10.1 Å². The van der Waals surface area contributed by atoms with Gasteiger partial charge in [0.25, 0.3) is 10.0 Å². The van der Waals surface area contributed by atoms with Crippen LogP contribution in [0.2, 0.25) is 5.02 Å². The smallest absolute Gasteiger partial charge is 0.284 e. The Labute approximate surface area is 123 Å². The van der Waals surface area contributed by atoms with Gasteiger partial charge < -0.3 is 5.73 Å². The van der Waals surface area contributed by atoms with Crippen LogP contribution in [0.5, 0.6) is 0 Å². The van der Waals surface area contributed by atoms with Gasteiger partial charge in [0.2, 0.25) is 0 Å². The highest BCUT2D eigenvalue weighted by Gasteiger charge is 2.13. The van der Waals surface area contributed by atoms with E-state index in [0.29, 0.717) is 10.6 Å². The lowest BCUT2D eigenvalue weighted by molar-refractivity contribution is 0.598. The van der Waals surface area contributed by atoms with E-state index in [1.165, 1.54) is 12.1 Å². The Balaban J connectivity index is 2.40. The summed E-state index contributed by atoms with van der Waals surface area (Å²) in [4.78, 5) is 0.105. The van der Waals surface area contributed by atoms with Crippen molar-refractivity contribution in [3.63, 3.8) is 0 Å². The molecule has 6 heteroatoms. The molecule has 0 bridgehead atoms. The van der Waals surface area contributed by atoms with Crippen molar-refractivity contribution in [2.45, 2.75) is 11.8 Å². The highest BCUT2D eigenvalue weighted by molar-refractivity contribution is 7.90. The zero-order valence-electron chi connectivity index (χ0n) is 10.7. The molecule has 0 atom stereocenters. The molecule has 0 radical (unpaired) electrons. The average molecular weight is 309 g/mol. The molecule has 0 aromatic heterocycles. The predicted octanol–water partition coefficient (Wildman–Crippen LogP) is 2.74. The fourth-order valence-corrected chi connectivity index (χ4v) is 2.73. The van der Waals surface area contributed by atoms with Crippen LogP contribution >= 0.6 is 11.6 Å². The number of aryl methyl sites for hydroxylation is 1. The SMILES string of the molecule is Cc1ccc(S(=O)(=O)N=C(N)c2cccc(Cl)c2)cc1. The van der Waals surface area contributed by atoms with Crippen molar-refractivity contribution in [3.8, 4) is 0 Å². The Morgan fingerprint density at radius 2 is 1.80 bits per heavy atom. The quantitative estimate of drug-likeness (QED) is 0.700. The zero-order chi connectivity index (χ0) is 14.8. The maximum Gasteiger partial charge on any atom is 0.284 e. The van der Waals surface area contributed by atoms with E-state index in [9.17, 15) is 8.42 Å². The van der Waals surface area contributed by atoms with Crippen molar-refractivity contribution in [1.82, 2.24) is 0 Å². The molecule has 2 aromatic carbocycles. The third kappa shape index (κ3) is 3.37. The number of hydrogen-bond acceptors (Lipinski definition) is 2. The zero-order valence-corrected chi connectivity index (χ0v) is 12.3. The minimum absolute atomic E-state index is 0.0897. The summed E-state index contributed by atoms with van der Waals surface area (Å²) in [7, 11) is -3.82. The summed E-state index contributed by atoms with van der Waals surface area (Å²) >= 11 is 5.83. The van der Waals surface area contributed by atoms with Crippen molar-refractivity contribution >= 4 is 27.5 Å². The Bertz CT molecular complexity index is 753. The van der Waals surface area contributed by atoms with Crippen LogP contribution in [0.25, 0.3) is 0 Å². The molecule has 0 unspecified atom stereocenters. The molecule has 0 saturated heterocycles. The van der Waals surface area contributed by atoms with Crippen LogP contribution in [0.15, 0.2) is 57.8 Å². The van der Waals surface area contributed by atoms with Gasteiger partial charge in [0, 0.05) is 10.6 Å². The van der Waals surface area contributed by atoms with Crippen molar-refractivity contribution in [1.29, 1.82) is 0 Å². The number of amidine groups is 1. The third-order valence-corrected chi connectivity index (χ3v) is 4.20. The second kappa shape index (κ2) is 5.64. The normalized spacial score (nSPS) is 12.4. The second-order valence-electron chi connectivity index (χ2n) is 4.27. The van der Waals surface area contributed by atoms with Crippen LogP contribution in [0.3, 0.4) is 0 Å². The number of sulfonamides is 1. The van der Waals surface area contributed by atoms with Gasteiger partial charge in [-0.1, -0.05) is 41.4 Å². The first-order chi connectivity index (χ1) is 9.38. The molecule has 2 rings (SSSR count). The molecule has 0 saturated carbocycles. The maximum absolute atomic E-state index is 12.1. The molecule has 0 aliphatic rings. The Hall–Kier alpha value is -1.85. The Morgan fingerprint density at radius 3 is 2.40 bits per heavy atom. The molecule has 0 aliphatic carbocycles. The van der Waals surface area contributed by atoms with Gasteiger partial charge in [0.1, 0.15) is 5.84 Å². The molecular weight excluding hydrogens is 296 g/mol. The van der Waals surface area contributed by atoms with E-state index in [2.05, 4.69) is 4.40 Å². The number of halogens is 1. The summed E-state index contributed by atoms with van der Waals surface area (Å²) < 4.78 is 27.9. The third-order valence-electron chi connectivity index (χ3n) is 2.66. The summed E-state index contributed by atoms with van der Waals surface area (Å²) in [5, 5.41) is 0.466. The first-order valence-corrected chi connectivity index (χ1v) is 7.63. The standard InChI is InChI=1S/C14H13ClN2O2S/c1-10-5-7-13(8-6-10)20(18,19)17-14(16)11-3-2-4-12(15)9-11/h2-9H,1H3,(H2,16,17). The number of rotatable bonds is 3. The van der Waals surface area contributed by atoms with E-state index < -0.39 is 10.0 Å². The molecule has 20 heavy (non-hydrogen) atoms. The summed E-state index contributed by atoms with van der Waals surface area (Å²) in [5.74, 6) is -0.0897. The van der Waals surface area contributed by atoms with Crippen molar-refractivity contribution in [2.75, 3.05) is 0 Å². The average Bonchev–Trinajstić information content (AvgIpc) is 2.38. The fraction of sp³-hybridized carbons (Fsp3) is 0.0714. The number of hydrogen-bond donors (Lipinski definition) is 1. The lowest BCUT2D eigenvalue weighted by atomic mass is 10.2. The summed E-state index contributed by atoms with van der Waals surface area (Å²) in [6, 6.07) is 13.0. The van der Waals surface area contributed by atoms with E-state index in [1.54, 1.807) is 36.4 Å². The van der Waals surface area contributed by atoms with Gasteiger partial charge in [-0.15, -0.1) is 4.40 Å². The lowest BCUT2D eigenvalue weighted by Crippen LogP contribution is -2.16. The van der Waals surface area contributed by atoms with Crippen LogP contribution in [0.1, 0.15) is 11.1 Å². The van der Waals surface area contributed by atoms with Crippen LogP contribution < -0.4 is 5.73 Å². The fourth-order valence-electron chi connectivity index (χ4n) is 1.59. The van der Waals surface area contributed by atoms with Gasteiger partial charge in [0.05, 0.1) is 4.90 Å². The van der Waals surface area contributed by atoms with Crippen LogP contribution in [0.4, 0.5) is 0 Å². The molecular formula is C14H13ClN2O2S. The number of nitrogens with zero attached hydrogens (tertiary/aromatic N) is 1. The molecule has 2 aromatic rings. The first kappa shape index (κ1) is 14.6. The minimum atomic E-state index is -3.82. The van der Waals surface area contributed by atoms with E-state index >= 15 is 0 Å². The molecule has 0 spiro atoms. The topological polar surface area (TPSA) is 72.5 Å². The first-order valence-electron chi connectivity index (χ1n) is 5.81. The largest absolute Gasteiger partial charge is 0.383 e. The number of nitrogens with two attached hydrogens (primary N) is 1. The second-order valence-corrected chi connectivity index (χ2v) is 6.32. The van der Waals surface area contributed by atoms with Gasteiger partial charge in [-0.25, -0.2) is 0 Å². The number of benzene rings is 2. The van der Waals surface area contributed by atoms with Gasteiger partial charge >= 0.3 is 0 Å². The maximum atomic E-state index is 12.1. The van der Waals surface area contributed by atoms with E-state index in [1.807, 2.05) is 6.92 Å². The van der Waals surface area contributed by atoms with E-state index in [0.717, 1.165) is 5.56 Å². The predicted molar refractivity (Wildman–Crippen MR) is 80.5 cm³/mol. The van der Waals surface area contributed by atoms with Crippen molar-refractivity contribution in [3.05, 3.63) is 64.7 Å².